The monoisotopic (exact) mass is 678 g/mol. The van der Waals surface area contributed by atoms with Crippen molar-refractivity contribution in [1.82, 2.24) is 9.80 Å². The van der Waals surface area contributed by atoms with Crippen molar-refractivity contribution in [2.45, 2.75) is 72.9 Å². The van der Waals surface area contributed by atoms with Gasteiger partial charge in [0.1, 0.15) is 13.2 Å². The number of hydrogen-bond donors (Lipinski definition) is 1. The summed E-state index contributed by atoms with van der Waals surface area (Å²) in [6.45, 7) is 16.9. The van der Waals surface area contributed by atoms with Gasteiger partial charge in [0.25, 0.3) is 5.91 Å². The number of carbonyl (C=O) groups is 3. The van der Waals surface area contributed by atoms with Crippen molar-refractivity contribution in [3.05, 3.63) is 119 Å². The van der Waals surface area contributed by atoms with Crippen molar-refractivity contribution < 1.29 is 33.7 Å². The fourth-order valence-corrected chi connectivity index (χ4v) is 5.63. The number of benzene rings is 2. The van der Waals surface area contributed by atoms with Gasteiger partial charge in [0.05, 0.1) is 35.0 Å². The van der Waals surface area contributed by atoms with Gasteiger partial charge in [-0.05, 0) is 51.8 Å². The standard InChI is InChI=1S/C30H37NO4.C6H7NO3S.C2H6/c1-23(13-11-12-18-33-22-27-14-7-5-8-15-27)19-24(2)35-29(28-16-9-6-10-17-28)30(32)31-20-25(3)34-26(4)21-31;1-4-7(2-6(9)10)5(8)3-11-4;1-2/h5-10,12-19,25-26,29H,11,20-22H2,1-4H3;1-3H2,(H,9,10);1-2H3/b18-12+,23-13?,24-19+;;. The zero-order valence-corrected chi connectivity index (χ0v) is 29.8. The minimum atomic E-state index is -1.01. The lowest BCUT2D eigenvalue weighted by atomic mass is 10.1. The van der Waals surface area contributed by atoms with E-state index in [1.807, 2.05) is 119 Å². The molecule has 0 aliphatic carbocycles. The van der Waals surface area contributed by atoms with Gasteiger partial charge in [0.15, 0.2) is 0 Å². The normalized spacial score (nSPS) is 18.8. The van der Waals surface area contributed by atoms with Crippen LogP contribution in [0.5, 0.6) is 0 Å². The Morgan fingerprint density at radius 1 is 1.04 bits per heavy atom. The number of thioether (sulfide) groups is 1. The van der Waals surface area contributed by atoms with Crippen molar-refractivity contribution >= 4 is 29.5 Å². The average Bonchev–Trinajstić information content (AvgIpc) is 3.38. The summed E-state index contributed by atoms with van der Waals surface area (Å²) in [7, 11) is 0. The Labute approximate surface area is 289 Å². The van der Waals surface area contributed by atoms with E-state index in [1.54, 1.807) is 6.26 Å². The van der Waals surface area contributed by atoms with Gasteiger partial charge < -0.3 is 24.2 Å². The van der Waals surface area contributed by atoms with Gasteiger partial charge in [-0.3, -0.25) is 19.3 Å². The molecule has 2 aliphatic rings. The molecule has 3 atom stereocenters. The maximum Gasteiger partial charge on any atom is 0.323 e. The molecular formula is C38H50N2O7S. The molecule has 0 saturated carbocycles. The lowest BCUT2D eigenvalue weighted by Crippen LogP contribution is -2.49. The van der Waals surface area contributed by atoms with Gasteiger partial charge in [0.2, 0.25) is 12.0 Å². The smallest absolute Gasteiger partial charge is 0.323 e. The van der Waals surface area contributed by atoms with Gasteiger partial charge in [-0.15, -0.1) is 0 Å². The molecular weight excluding hydrogens is 628 g/mol. The fraction of sp³-hybridized carbons (Fsp3) is 0.395. The average molecular weight is 679 g/mol. The molecule has 10 heteroatoms. The van der Waals surface area contributed by atoms with Crippen LogP contribution in [0.4, 0.5) is 0 Å². The van der Waals surface area contributed by atoms with Crippen molar-refractivity contribution in [2.24, 2.45) is 0 Å². The molecule has 4 rings (SSSR count). The highest BCUT2D eigenvalue weighted by Crippen LogP contribution is 2.27. The van der Waals surface area contributed by atoms with Crippen molar-refractivity contribution in [2.75, 3.05) is 25.4 Å². The van der Waals surface area contributed by atoms with Crippen molar-refractivity contribution in [3.8, 4) is 0 Å². The highest BCUT2D eigenvalue weighted by atomic mass is 32.2. The summed E-state index contributed by atoms with van der Waals surface area (Å²) in [4.78, 5) is 37.6. The summed E-state index contributed by atoms with van der Waals surface area (Å²) in [5, 5.41) is 8.89. The summed E-state index contributed by atoms with van der Waals surface area (Å²) in [5.41, 5.74) is 3.04. The van der Waals surface area contributed by atoms with E-state index in [1.165, 1.54) is 16.7 Å². The fourth-order valence-electron chi connectivity index (χ4n) is 4.86. The number of nitrogens with zero attached hydrogens (tertiary/aromatic N) is 2. The van der Waals surface area contributed by atoms with Crippen LogP contribution in [-0.2, 0) is 35.2 Å². The molecule has 2 aromatic carbocycles. The second-order valence-corrected chi connectivity index (χ2v) is 12.1. The van der Waals surface area contributed by atoms with Gasteiger partial charge in [0, 0.05) is 18.7 Å². The maximum absolute atomic E-state index is 13.5. The zero-order valence-electron chi connectivity index (χ0n) is 29.0. The molecule has 2 aliphatic heterocycles. The molecule has 0 aromatic heterocycles. The quantitative estimate of drug-likeness (QED) is 0.182. The van der Waals surface area contributed by atoms with Crippen LogP contribution in [-0.4, -0.2) is 70.3 Å². The van der Waals surface area contributed by atoms with Crippen LogP contribution in [0.1, 0.15) is 65.2 Å². The molecule has 0 spiro atoms. The van der Waals surface area contributed by atoms with Gasteiger partial charge >= 0.3 is 5.97 Å². The molecule has 2 fully saturated rings. The van der Waals surface area contributed by atoms with Crippen LogP contribution < -0.4 is 0 Å². The topological polar surface area (TPSA) is 106 Å². The predicted molar refractivity (Wildman–Crippen MR) is 192 cm³/mol. The third-order valence-electron chi connectivity index (χ3n) is 6.91. The Kier molecular flexibility index (Phi) is 17.9. The Hall–Kier alpha value is -4.28. The van der Waals surface area contributed by atoms with Crippen LogP contribution in [0, 0.1) is 0 Å². The Morgan fingerprint density at radius 3 is 2.21 bits per heavy atom. The number of ether oxygens (including phenoxy) is 3. The number of allylic oxidation sites excluding steroid dienone is 5. The number of carbonyl (C=O) groups excluding carboxylic acids is 2. The maximum atomic E-state index is 13.5. The largest absolute Gasteiger partial charge is 0.497 e. The lowest BCUT2D eigenvalue weighted by molar-refractivity contribution is -0.153. The molecule has 2 aromatic rings. The number of aliphatic carboxylic acids is 1. The van der Waals surface area contributed by atoms with E-state index in [9.17, 15) is 14.4 Å². The zero-order chi connectivity index (χ0) is 35.5. The highest BCUT2D eigenvalue weighted by molar-refractivity contribution is 8.04. The van der Waals surface area contributed by atoms with Crippen LogP contribution >= 0.6 is 11.8 Å². The van der Waals surface area contributed by atoms with Crippen LogP contribution in [0.3, 0.4) is 0 Å². The first kappa shape index (κ1) is 39.9. The first-order chi connectivity index (χ1) is 23.0. The molecule has 48 heavy (non-hydrogen) atoms. The Morgan fingerprint density at radius 2 is 1.65 bits per heavy atom. The van der Waals surface area contributed by atoms with E-state index in [0.29, 0.717) is 36.2 Å². The lowest BCUT2D eigenvalue weighted by Gasteiger charge is -2.37. The summed E-state index contributed by atoms with van der Waals surface area (Å²) in [6, 6.07) is 19.8. The van der Waals surface area contributed by atoms with Gasteiger partial charge in [-0.25, -0.2) is 0 Å². The summed E-state index contributed by atoms with van der Waals surface area (Å²) in [6.07, 6.45) is 7.84. The van der Waals surface area contributed by atoms with Crippen molar-refractivity contribution in [3.63, 3.8) is 0 Å². The Balaban J connectivity index is 0.000000517. The Bertz CT molecular complexity index is 1380. The number of carboxylic acids is 1. The third-order valence-corrected chi connectivity index (χ3v) is 7.86. The van der Waals surface area contributed by atoms with Crippen LogP contribution in [0.15, 0.2) is 108 Å². The van der Waals surface area contributed by atoms with E-state index >= 15 is 0 Å². The minimum absolute atomic E-state index is 0.00525. The molecule has 9 nitrogen and oxygen atoms in total. The summed E-state index contributed by atoms with van der Waals surface area (Å²) in [5.74, 6) is -0.221. The molecule has 260 valence electrons. The highest BCUT2D eigenvalue weighted by Gasteiger charge is 2.33. The first-order valence-corrected chi connectivity index (χ1v) is 17.2. The second kappa shape index (κ2) is 21.6. The third kappa shape index (κ3) is 14.2. The minimum Gasteiger partial charge on any atom is -0.497 e. The number of amides is 2. The van der Waals surface area contributed by atoms with Gasteiger partial charge in [-0.2, -0.15) is 0 Å². The summed E-state index contributed by atoms with van der Waals surface area (Å²) < 4.78 is 17.6. The van der Waals surface area contributed by atoms with E-state index in [2.05, 4.69) is 12.7 Å². The predicted octanol–water partition coefficient (Wildman–Crippen LogP) is 7.49. The number of morpholine rings is 1. The number of rotatable bonds is 12. The summed E-state index contributed by atoms with van der Waals surface area (Å²) >= 11 is 1.27. The molecule has 3 unspecified atom stereocenters. The van der Waals surface area contributed by atoms with Gasteiger partial charge in [-0.1, -0.05) is 105 Å². The van der Waals surface area contributed by atoms with E-state index in [0.717, 1.165) is 23.1 Å². The van der Waals surface area contributed by atoms with E-state index in [-0.39, 0.29) is 30.6 Å². The first-order valence-electron chi connectivity index (χ1n) is 16.2. The molecule has 1 N–H and O–H groups in total. The van der Waals surface area contributed by atoms with E-state index < -0.39 is 12.1 Å². The number of hydrogen-bond acceptors (Lipinski definition) is 7. The molecule has 0 radical (unpaired) electrons. The molecule has 2 saturated heterocycles. The SMILES string of the molecule is C=C1SCC(=O)N1CC(=O)O.CC.CC(=CC/C=C/OCc1ccccc1)/C=C(\C)OC(C(=O)N1CC(C)OC(C)C1)c1ccccc1. The van der Waals surface area contributed by atoms with E-state index in [4.69, 9.17) is 19.3 Å². The van der Waals surface area contributed by atoms with Crippen LogP contribution in [0.2, 0.25) is 0 Å². The van der Waals surface area contributed by atoms with Crippen LogP contribution in [0.25, 0.3) is 0 Å². The molecule has 2 heterocycles. The second-order valence-electron chi connectivity index (χ2n) is 11.1. The molecule has 0 bridgehead atoms. The van der Waals surface area contributed by atoms with Crippen molar-refractivity contribution in [1.29, 1.82) is 0 Å². The molecule has 2 amide bonds. The number of carboxylic acid groups (broad SMARTS) is 1.